The van der Waals surface area contributed by atoms with Gasteiger partial charge in [-0.25, -0.2) is 0 Å². The number of hydrazine groups is 1. The van der Waals surface area contributed by atoms with Crippen LogP contribution in [-0.2, 0) is 9.59 Å². The maximum atomic E-state index is 12.2. The van der Waals surface area contributed by atoms with Crippen LogP contribution in [-0.4, -0.2) is 24.8 Å². The Morgan fingerprint density at radius 1 is 0.929 bits per heavy atom. The number of benzene rings is 2. The number of halogens is 1. The Hall–Kier alpha value is -2.87. The number of anilines is 1. The van der Waals surface area contributed by atoms with E-state index in [9.17, 15) is 14.4 Å². The van der Waals surface area contributed by atoms with Crippen molar-refractivity contribution < 1.29 is 19.1 Å². The Kier molecular flexibility index (Phi) is 7.57. The third-order valence-electron chi connectivity index (χ3n) is 4.09. The molecular weight excluding hydrogens is 426 g/mol. The number of ether oxygens (including phenoxy) is 1. The van der Waals surface area contributed by atoms with Gasteiger partial charge in [-0.1, -0.05) is 22.0 Å². The Morgan fingerprint density at radius 2 is 1.64 bits per heavy atom. The van der Waals surface area contributed by atoms with Crippen LogP contribution in [0.4, 0.5) is 5.69 Å². The zero-order valence-electron chi connectivity index (χ0n) is 15.9. The molecule has 0 spiro atoms. The predicted molar refractivity (Wildman–Crippen MR) is 110 cm³/mol. The number of hydrogen-bond donors (Lipinski definition) is 3. The number of aryl methyl sites for hydroxylation is 2. The third kappa shape index (κ3) is 6.09. The van der Waals surface area contributed by atoms with Gasteiger partial charge in [0.1, 0.15) is 5.75 Å². The van der Waals surface area contributed by atoms with Gasteiger partial charge in [0, 0.05) is 23.0 Å². The fourth-order valence-corrected chi connectivity index (χ4v) is 2.74. The van der Waals surface area contributed by atoms with Crippen molar-refractivity contribution >= 4 is 39.3 Å². The van der Waals surface area contributed by atoms with Crippen LogP contribution in [0, 0.1) is 13.8 Å². The summed E-state index contributed by atoms with van der Waals surface area (Å²) in [6.07, 6.45) is -0.0680. The van der Waals surface area contributed by atoms with Gasteiger partial charge in [0.2, 0.25) is 11.8 Å². The summed E-state index contributed by atoms with van der Waals surface area (Å²) in [6, 6.07) is 10.6. The van der Waals surface area contributed by atoms with E-state index < -0.39 is 11.8 Å². The zero-order chi connectivity index (χ0) is 20.7. The molecule has 0 fully saturated rings. The second-order valence-corrected chi connectivity index (χ2v) is 7.11. The van der Waals surface area contributed by atoms with Gasteiger partial charge in [-0.2, -0.15) is 0 Å². The lowest BCUT2D eigenvalue weighted by Crippen LogP contribution is -2.42. The second-order valence-electron chi connectivity index (χ2n) is 6.19. The number of nitrogens with one attached hydrogen (secondary N) is 3. The highest BCUT2D eigenvalue weighted by atomic mass is 79.9. The first-order valence-electron chi connectivity index (χ1n) is 8.60. The third-order valence-corrected chi connectivity index (χ3v) is 4.58. The van der Waals surface area contributed by atoms with E-state index in [1.165, 1.54) is 7.11 Å². The smallest absolute Gasteiger partial charge is 0.273 e. The Morgan fingerprint density at radius 3 is 2.32 bits per heavy atom. The lowest BCUT2D eigenvalue weighted by atomic mass is 10.1. The van der Waals surface area contributed by atoms with E-state index >= 15 is 0 Å². The lowest BCUT2D eigenvalue weighted by Gasteiger charge is -2.11. The van der Waals surface area contributed by atoms with Crippen LogP contribution in [0.15, 0.2) is 40.9 Å². The van der Waals surface area contributed by atoms with Crippen LogP contribution in [0.1, 0.15) is 34.3 Å². The molecule has 0 aromatic heterocycles. The molecule has 0 unspecified atom stereocenters. The molecule has 0 atom stereocenters. The molecule has 3 amide bonds. The molecule has 2 aromatic rings. The molecule has 0 aliphatic heterocycles. The molecule has 0 saturated heterocycles. The highest BCUT2D eigenvalue weighted by Crippen LogP contribution is 2.22. The molecular formula is C20H22BrN3O4. The summed E-state index contributed by atoms with van der Waals surface area (Å²) in [5, 5.41) is 2.75. The van der Waals surface area contributed by atoms with Crippen LogP contribution in [0.25, 0.3) is 0 Å². The second kappa shape index (κ2) is 9.89. The summed E-state index contributed by atoms with van der Waals surface area (Å²) in [7, 11) is 1.45. The largest absolute Gasteiger partial charge is 0.496 e. The number of rotatable bonds is 6. The summed E-state index contributed by atoms with van der Waals surface area (Å²) in [4.78, 5) is 36.1. The molecule has 28 heavy (non-hydrogen) atoms. The van der Waals surface area contributed by atoms with E-state index in [1.54, 1.807) is 18.2 Å². The van der Waals surface area contributed by atoms with Crippen molar-refractivity contribution in [2.45, 2.75) is 26.7 Å². The topological polar surface area (TPSA) is 96.5 Å². The normalized spacial score (nSPS) is 10.1. The molecule has 7 nitrogen and oxygen atoms in total. The van der Waals surface area contributed by atoms with E-state index in [4.69, 9.17) is 4.74 Å². The first kappa shape index (κ1) is 21.4. The summed E-state index contributed by atoms with van der Waals surface area (Å²) in [5.41, 5.74) is 7.77. The molecule has 0 bridgehead atoms. The van der Waals surface area contributed by atoms with Crippen LogP contribution in [0.5, 0.6) is 5.75 Å². The van der Waals surface area contributed by atoms with Gasteiger partial charge >= 0.3 is 0 Å². The van der Waals surface area contributed by atoms with Crippen molar-refractivity contribution in [3.8, 4) is 5.75 Å². The SMILES string of the molecule is COc1ccc(Br)cc1C(=O)NNC(=O)CCC(=O)Nc1ccc(C)c(C)c1. The van der Waals surface area contributed by atoms with Gasteiger partial charge in [-0.15, -0.1) is 0 Å². The van der Waals surface area contributed by atoms with Gasteiger partial charge in [-0.05, 0) is 55.3 Å². The minimum Gasteiger partial charge on any atom is -0.496 e. The first-order chi connectivity index (χ1) is 13.3. The molecule has 0 radical (unpaired) electrons. The maximum Gasteiger partial charge on any atom is 0.273 e. The van der Waals surface area contributed by atoms with Crippen LogP contribution >= 0.6 is 15.9 Å². The van der Waals surface area contributed by atoms with Crippen molar-refractivity contribution in [3.63, 3.8) is 0 Å². The van der Waals surface area contributed by atoms with Gasteiger partial charge < -0.3 is 10.1 Å². The molecule has 0 aliphatic rings. The van der Waals surface area contributed by atoms with Crippen LogP contribution in [0.3, 0.4) is 0 Å². The monoisotopic (exact) mass is 447 g/mol. The van der Waals surface area contributed by atoms with E-state index in [2.05, 4.69) is 32.1 Å². The number of amides is 3. The first-order valence-corrected chi connectivity index (χ1v) is 9.39. The quantitative estimate of drug-likeness (QED) is 0.592. The van der Waals surface area contributed by atoms with Crippen molar-refractivity contribution in [1.29, 1.82) is 0 Å². The average Bonchev–Trinajstić information content (AvgIpc) is 2.67. The standard InChI is InChI=1S/C20H22BrN3O4/c1-12-4-6-15(10-13(12)2)22-18(25)8-9-19(26)23-24-20(27)16-11-14(21)5-7-17(16)28-3/h4-7,10-11H,8-9H2,1-3H3,(H,22,25)(H,23,26)(H,24,27). The molecule has 0 heterocycles. The van der Waals surface area contributed by atoms with Gasteiger partial charge in [0.05, 0.1) is 12.7 Å². The number of hydrogen-bond acceptors (Lipinski definition) is 4. The van der Waals surface area contributed by atoms with Crippen LogP contribution < -0.4 is 20.9 Å². The van der Waals surface area contributed by atoms with Crippen molar-refractivity contribution in [2.24, 2.45) is 0 Å². The Bertz CT molecular complexity index is 899. The van der Waals surface area contributed by atoms with Crippen molar-refractivity contribution in [1.82, 2.24) is 10.9 Å². The van der Waals surface area contributed by atoms with E-state index in [0.717, 1.165) is 11.1 Å². The van der Waals surface area contributed by atoms with Crippen LogP contribution in [0.2, 0.25) is 0 Å². The Balaban J connectivity index is 1.81. The molecule has 8 heteroatoms. The average molecular weight is 448 g/mol. The Labute approximate surface area is 171 Å². The van der Waals surface area contributed by atoms with Gasteiger partial charge in [-0.3, -0.25) is 25.2 Å². The van der Waals surface area contributed by atoms with Crippen molar-refractivity contribution in [2.75, 3.05) is 12.4 Å². The van der Waals surface area contributed by atoms with Crippen molar-refractivity contribution in [3.05, 3.63) is 57.6 Å². The molecule has 3 N–H and O–H groups in total. The minimum atomic E-state index is -0.522. The highest BCUT2D eigenvalue weighted by molar-refractivity contribution is 9.10. The number of methoxy groups -OCH3 is 1. The van der Waals surface area contributed by atoms with E-state index in [0.29, 0.717) is 15.9 Å². The number of carbonyl (C=O) groups is 3. The summed E-state index contributed by atoms with van der Waals surface area (Å²) in [6.45, 7) is 3.95. The molecule has 148 valence electrons. The van der Waals surface area contributed by atoms with Gasteiger partial charge in [0.25, 0.3) is 5.91 Å². The molecule has 2 aromatic carbocycles. The zero-order valence-corrected chi connectivity index (χ0v) is 17.5. The predicted octanol–water partition coefficient (Wildman–Crippen LogP) is 3.25. The number of carbonyl (C=O) groups excluding carboxylic acids is 3. The lowest BCUT2D eigenvalue weighted by molar-refractivity contribution is -0.124. The summed E-state index contributed by atoms with van der Waals surface area (Å²) >= 11 is 3.28. The minimum absolute atomic E-state index is 0.00512. The highest BCUT2D eigenvalue weighted by Gasteiger charge is 2.14. The van der Waals surface area contributed by atoms with Gasteiger partial charge in [0.15, 0.2) is 0 Å². The summed E-state index contributed by atoms with van der Waals surface area (Å²) in [5.74, 6) is -0.898. The fourth-order valence-electron chi connectivity index (χ4n) is 2.38. The molecule has 0 aliphatic carbocycles. The summed E-state index contributed by atoms with van der Waals surface area (Å²) < 4.78 is 5.83. The fraction of sp³-hybridized carbons (Fsp3) is 0.250. The van der Waals surface area contributed by atoms with E-state index in [-0.39, 0.29) is 24.3 Å². The van der Waals surface area contributed by atoms with E-state index in [1.807, 2.05) is 32.0 Å². The maximum absolute atomic E-state index is 12.2. The molecule has 0 saturated carbocycles. The molecule has 2 rings (SSSR count).